The first-order valence-electron chi connectivity index (χ1n) is 6.50. The van der Waals surface area contributed by atoms with Crippen LogP contribution in [0.5, 0.6) is 5.88 Å². The minimum atomic E-state index is 0.562. The Hall–Kier alpha value is -1.09. The Morgan fingerprint density at radius 3 is 3.00 bits per heavy atom. The quantitative estimate of drug-likeness (QED) is 0.801. The third-order valence-corrected chi connectivity index (χ3v) is 3.50. The van der Waals surface area contributed by atoms with Gasteiger partial charge in [-0.15, -0.1) is 0 Å². The molecule has 0 spiro atoms. The van der Waals surface area contributed by atoms with Gasteiger partial charge in [0, 0.05) is 17.8 Å². The van der Waals surface area contributed by atoms with Crippen LogP contribution in [-0.2, 0) is 0 Å². The van der Waals surface area contributed by atoms with E-state index in [9.17, 15) is 0 Å². The molecule has 2 rings (SSSR count). The van der Waals surface area contributed by atoms with E-state index in [4.69, 9.17) is 4.74 Å². The van der Waals surface area contributed by atoms with Crippen molar-refractivity contribution >= 4 is 0 Å². The van der Waals surface area contributed by atoms with E-state index >= 15 is 0 Å². The van der Waals surface area contributed by atoms with Crippen LogP contribution < -0.4 is 4.74 Å². The molecule has 3 heteroatoms. The van der Waals surface area contributed by atoms with Crippen molar-refractivity contribution in [3.05, 3.63) is 23.4 Å². The van der Waals surface area contributed by atoms with Crippen LogP contribution in [-0.4, -0.2) is 30.1 Å². The molecule has 17 heavy (non-hydrogen) atoms. The molecule has 1 aromatic heterocycles. The minimum absolute atomic E-state index is 0.562. The van der Waals surface area contributed by atoms with Crippen LogP contribution in [0.1, 0.15) is 43.4 Å². The highest BCUT2D eigenvalue weighted by Gasteiger charge is 2.25. The van der Waals surface area contributed by atoms with Gasteiger partial charge in [0.2, 0.25) is 5.88 Å². The number of rotatable bonds is 4. The molecule has 3 nitrogen and oxygen atoms in total. The Morgan fingerprint density at radius 1 is 1.53 bits per heavy atom. The molecule has 1 atom stereocenters. The van der Waals surface area contributed by atoms with Gasteiger partial charge in [-0.25, -0.2) is 4.98 Å². The Bertz CT molecular complexity index is 378. The Kier molecular flexibility index (Phi) is 4.00. The third-order valence-electron chi connectivity index (χ3n) is 3.50. The largest absolute Gasteiger partial charge is 0.481 e. The molecule has 1 aromatic rings. The zero-order valence-corrected chi connectivity index (χ0v) is 11.1. The summed E-state index contributed by atoms with van der Waals surface area (Å²) in [4.78, 5) is 6.96. The van der Waals surface area contributed by atoms with Gasteiger partial charge in [0.05, 0.1) is 7.11 Å². The highest BCUT2D eigenvalue weighted by Crippen LogP contribution is 2.32. The molecule has 0 amide bonds. The number of methoxy groups -OCH3 is 1. The maximum Gasteiger partial charge on any atom is 0.215 e. The molecule has 0 radical (unpaired) electrons. The summed E-state index contributed by atoms with van der Waals surface area (Å²) in [6.45, 7) is 6.72. The van der Waals surface area contributed by atoms with Gasteiger partial charge in [0.25, 0.3) is 0 Å². The van der Waals surface area contributed by atoms with E-state index in [1.165, 1.54) is 37.9 Å². The summed E-state index contributed by atoms with van der Waals surface area (Å²) in [5, 5.41) is 0. The van der Waals surface area contributed by atoms with Gasteiger partial charge < -0.3 is 4.74 Å². The molecular weight excluding hydrogens is 212 g/mol. The molecule has 0 saturated carbocycles. The maximum atomic E-state index is 5.21. The number of ether oxygens (including phenoxy) is 1. The van der Waals surface area contributed by atoms with E-state index in [0.29, 0.717) is 6.04 Å². The second-order valence-electron chi connectivity index (χ2n) is 4.79. The summed E-state index contributed by atoms with van der Waals surface area (Å²) >= 11 is 0. The van der Waals surface area contributed by atoms with Crippen molar-refractivity contribution in [2.45, 2.75) is 39.2 Å². The van der Waals surface area contributed by atoms with Crippen LogP contribution in [0.25, 0.3) is 0 Å². The molecule has 1 saturated heterocycles. The first-order chi connectivity index (χ1) is 8.26. The average molecular weight is 234 g/mol. The van der Waals surface area contributed by atoms with Crippen molar-refractivity contribution in [1.29, 1.82) is 0 Å². The number of hydrogen-bond donors (Lipinski definition) is 0. The highest BCUT2D eigenvalue weighted by atomic mass is 16.5. The molecule has 1 aliphatic heterocycles. The van der Waals surface area contributed by atoms with E-state index in [1.54, 1.807) is 7.11 Å². The summed E-state index contributed by atoms with van der Waals surface area (Å²) < 4.78 is 5.21. The molecule has 2 heterocycles. The summed E-state index contributed by atoms with van der Waals surface area (Å²) in [5.74, 6) is 0.744. The number of likely N-dealkylation sites (tertiary alicyclic amines) is 1. The predicted octanol–water partition coefficient (Wildman–Crippen LogP) is 2.95. The van der Waals surface area contributed by atoms with Gasteiger partial charge in [-0.2, -0.15) is 0 Å². The van der Waals surface area contributed by atoms with Crippen LogP contribution in [0.2, 0.25) is 0 Å². The second kappa shape index (κ2) is 5.50. The topological polar surface area (TPSA) is 25.4 Å². The van der Waals surface area contributed by atoms with Crippen LogP contribution >= 0.6 is 0 Å². The van der Waals surface area contributed by atoms with E-state index < -0.39 is 0 Å². The lowest BCUT2D eigenvalue weighted by Crippen LogP contribution is -2.24. The summed E-state index contributed by atoms with van der Waals surface area (Å²) in [6.07, 6.45) is 5.76. The van der Waals surface area contributed by atoms with Gasteiger partial charge in [-0.05, 0) is 50.9 Å². The fourth-order valence-corrected chi connectivity index (χ4v) is 2.74. The first-order valence-corrected chi connectivity index (χ1v) is 6.50. The lowest BCUT2D eigenvalue weighted by molar-refractivity contribution is 0.257. The number of hydrogen-bond acceptors (Lipinski definition) is 3. The minimum Gasteiger partial charge on any atom is -0.481 e. The Labute approximate surface area is 104 Å². The molecule has 94 valence electrons. The van der Waals surface area contributed by atoms with Crippen molar-refractivity contribution in [3.8, 4) is 5.88 Å². The smallest absolute Gasteiger partial charge is 0.215 e. The molecule has 0 bridgehead atoms. The van der Waals surface area contributed by atoms with Gasteiger partial charge in [-0.1, -0.05) is 6.92 Å². The SMILES string of the molecule is CCCN1CCC[C@H]1c1cnc(OC)c(C)c1. The lowest BCUT2D eigenvalue weighted by Gasteiger charge is -2.24. The molecule has 0 aliphatic carbocycles. The van der Waals surface area contributed by atoms with E-state index in [2.05, 4.69) is 29.8 Å². The van der Waals surface area contributed by atoms with Gasteiger partial charge in [-0.3, -0.25) is 4.90 Å². The zero-order chi connectivity index (χ0) is 12.3. The predicted molar refractivity (Wildman–Crippen MR) is 69.4 cm³/mol. The van der Waals surface area contributed by atoms with Crippen LogP contribution in [0.3, 0.4) is 0 Å². The number of pyridine rings is 1. The molecule has 1 aliphatic rings. The fraction of sp³-hybridized carbons (Fsp3) is 0.643. The van der Waals surface area contributed by atoms with Gasteiger partial charge >= 0.3 is 0 Å². The molecule has 0 N–H and O–H groups in total. The Balaban J connectivity index is 2.18. The fourth-order valence-electron chi connectivity index (χ4n) is 2.74. The zero-order valence-electron chi connectivity index (χ0n) is 11.1. The van der Waals surface area contributed by atoms with E-state index in [0.717, 1.165) is 11.4 Å². The van der Waals surface area contributed by atoms with E-state index in [-0.39, 0.29) is 0 Å². The van der Waals surface area contributed by atoms with Crippen molar-refractivity contribution in [3.63, 3.8) is 0 Å². The lowest BCUT2D eigenvalue weighted by atomic mass is 10.0. The normalized spacial score (nSPS) is 20.8. The molecule has 1 fully saturated rings. The van der Waals surface area contributed by atoms with Crippen LogP contribution in [0.15, 0.2) is 12.3 Å². The van der Waals surface area contributed by atoms with Crippen LogP contribution in [0, 0.1) is 6.92 Å². The number of nitrogens with zero attached hydrogens (tertiary/aromatic N) is 2. The second-order valence-corrected chi connectivity index (χ2v) is 4.79. The van der Waals surface area contributed by atoms with Gasteiger partial charge in [0.15, 0.2) is 0 Å². The van der Waals surface area contributed by atoms with Crippen molar-refractivity contribution in [2.75, 3.05) is 20.2 Å². The van der Waals surface area contributed by atoms with Crippen molar-refractivity contribution in [1.82, 2.24) is 9.88 Å². The summed E-state index contributed by atoms with van der Waals surface area (Å²) in [5.41, 5.74) is 2.47. The molecule has 0 unspecified atom stereocenters. The summed E-state index contributed by atoms with van der Waals surface area (Å²) in [6, 6.07) is 2.79. The third kappa shape index (κ3) is 2.60. The monoisotopic (exact) mass is 234 g/mol. The van der Waals surface area contributed by atoms with Crippen molar-refractivity contribution in [2.24, 2.45) is 0 Å². The summed E-state index contributed by atoms with van der Waals surface area (Å²) in [7, 11) is 1.67. The molecular formula is C14H22N2O. The van der Waals surface area contributed by atoms with Crippen molar-refractivity contribution < 1.29 is 4.74 Å². The number of aryl methyl sites for hydroxylation is 1. The maximum absolute atomic E-state index is 5.21. The average Bonchev–Trinajstić information content (AvgIpc) is 2.78. The number of aromatic nitrogens is 1. The van der Waals surface area contributed by atoms with E-state index in [1.807, 2.05) is 6.20 Å². The Morgan fingerprint density at radius 2 is 2.35 bits per heavy atom. The molecule has 0 aromatic carbocycles. The standard InChI is InChI=1S/C14H22N2O/c1-4-7-16-8-5-6-13(16)12-9-11(2)14(17-3)15-10-12/h9-10,13H,4-8H2,1-3H3/t13-/m0/s1. The first kappa shape index (κ1) is 12.4. The van der Waals surface area contributed by atoms with Gasteiger partial charge in [0.1, 0.15) is 0 Å². The highest BCUT2D eigenvalue weighted by molar-refractivity contribution is 5.30. The van der Waals surface area contributed by atoms with Crippen LogP contribution in [0.4, 0.5) is 0 Å².